The van der Waals surface area contributed by atoms with E-state index in [9.17, 15) is 19.2 Å². The number of aromatic nitrogens is 2. The summed E-state index contributed by atoms with van der Waals surface area (Å²) >= 11 is 0.971. The number of carbonyl (C=O) groups excluding carboxylic acids is 3. The molecule has 1 aliphatic heterocycles. The first-order chi connectivity index (χ1) is 12.5. The number of carbonyl (C=O) groups is 3. The Morgan fingerprint density at radius 1 is 1.31 bits per heavy atom. The molecule has 2 amide bonds. The van der Waals surface area contributed by atoms with E-state index in [4.69, 9.17) is 4.74 Å². The van der Waals surface area contributed by atoms with E-state index in [1.54, 1.807) is 24.3 Å². The Bertz CT molecular complexity index is 941. The van der Waals surface area contributed by atoms with Crippen LogP contribution < -0.4 is 5.56 Å². The lowest BCUT2D eigenvalue weighted by molar-refractivity contribution is -0.141. The van der Waals surface area contributed by atoms with Crippen LogP contribution >= 0.6 is 11.8 Å². The van der Waals surface area contributed by atoms with Gasteiger partial charge in [-0.1, -0.05) is 23.9 Å². The number of imide groups is 1. The van der Waals surface area contributed by atoms with Gasteiger partial charge in [0.2, 0.25) is 5.91 Å². The van der Waals surface area contributed by atoms with Crippen LogP contribution in [0.1, 0.15) is 0 Å². The number of esters is 1. The summed E-state index contributed by atoms with van der Waals surface area (Å²) in [6.45, 7) is 0.0320. The number of methoxy groups -OCH3 is 1. The van der Waals surface area contributed by atoms with Gasteiger partial charge in [-0.25, -0.2) is 14.7 Å². The van der Waals surface area contributed by atoms with Gasteiger partial charge >= 0.3 is 12.1 Å². The molecule has 1 aromatic heterocycles. The zero-order valence-electron chi connectivity index (χ0n) is 13.8. The second kappa shape index (κ2) is 7.56. The third-order valence-corrected chi connectivity index (χ3v) is 4.69. The van der Waals surface area contributed by atoms with Gasteiger partial charge in [0.15, 0.2) is 5.16 Å². The van der Waals surface area contributed by atoms with Crippen molar-refractivity contribution < 1.29 is 23.9 Å². The number of para-hydroxylation sites is 1. The molecule has 0 radical (unpaired) electrons. The summed E-state index contributed by atoms with van der Waals surface area (Å²) in [4.78, 5) is 53.3. The Kier molecular flexibility index (Phi) is 5.21. The van der Waals surface area contributed by atoms with Crippen LogP contribution in [0.15, 0.2) is 34.2 Å². The lowest BCUT2D eigenvalue weighted by atomic mass is 10.2. The van der Waals surface area contributed by atoms with Crippen molar-refractivity contribution in [2.45, 2.75) is 11.7 Å². The lowest BCUT2D eigenvalue weighted by Gasteiger charge is -2.13. The summed E-state index contributed by atoms with van der Waals surface area (Å²) in [5.41, 5.74) is 0.0469. The fourth-order valence-electron chi connectivity index (χ4n) is 2.42. The number of rotatable bonds is 5. The van der Waals surface area contributed by atoms with Crippen LogP contribution in [-0.2, 0) is 25.6 Å². The lowest BCUT2D eigenvalue weighted by Crippen LogP contribution is -2.33. The van der Waals surface area contributed by atoms with Crippen molar-refractivity contribution in [2.24, 2.45) is 0 Å². The third-order valence-electron chi connectivity index (χ3n) is 3.73. The van der Waals surface area contributed by atoms with E-state index in [2.05, 4.69) is 9.72 Å². The zero-order valence-corrected chi connectivity index (χ0v) is 14.7. The third kappa shape index (κ3) is 3.54. The molecular formula is C16H15N3O6S. The maximum atomic E-state index is 12.7. The molecule has 0 unspecified atom stereocenters. The van der Waals surface area contributed by atoms with E-state index in [0.29, 0.717) is 10.9 Å². The van der Waals surface area contributed by atoms with Gasteiger partial charge in [0.25, 0.3) is 5.56 Å². The van der Waals surface area contributed by atoms with Crippen LogP contribution in [0.4, 0.5) is 4.79 Å². The molecule has 3 rings (SSSR count). The van der Waals surface area contributed by atoms with Crippen LogP contribution in [0.2, 0.25) is 0 Å². The average Bonchev–Trinajstić information content (AvgIpc) is 3.08. The van der Waals surface area contributed by atoms with Crippen molar-refractivity contribution in [3.05, 3.63) is 34.6 Å². The van der Waals surface area contributed by atoms with Gasteiger partial charge in [0, 0.05) is 0 Å². The van der Waals surface area contributed by atoms with Crippen molar-refractivity contribution in [3.8, 4) is 0 Å². The van der Waals surface area contributed by atoms with Crippen LogP contribution in [-0.4, -0.2) is 58.4 Å². The van der Waals surface area contributed by atoms with Gasteiger partial charge in [0.05, 0.1) is 30.3 Å². The summed E-state index contributed by atoms with van der Waals surface area (Å²) in [6, 6.07) is 6.71. The number of amides is 2. The molecule has 1 saturated heterocycles. The minimum atomic E-state index is -0.686. The number of hydrogen-bond acceptors (Lipinski definition) is 8. The summed E-state index contributed by atoms with van der Waals surface area (Å²) < 4.78 is 10.5. The van der Waals surface area contributed by atoms with Gasteiger partial charge in [0.1, 0.15) is 13.2 Å². The Labute approximate surface area is 151 Å². The van der Waals surface area contributed by atoms with Crippen molar-refractivity contribution in [2.75, 3.05) is 26.0 Å². The van der Waals surface area contributed by atoms with Gasteiger partial charge < -0.3 is 9.47 Å². The molecule has 0 bridgehead atoms. The van der Waals surface area contributed by atoms with E-state index in [1.165, 1.54) is 7.11 Å². The van der Waals surface area contributed by atoms with E-state index in [1.807, 2.05) is 0 Å². The molecule has 0 N–H and O–H groups in total. The number of cyclic esters (lactones) is 1. The molecule has 2 aromatic rings. The average molecular weight is 377 g/mol. The van der Waals surface area contributed by atoms with Crippen molar-refractivity contribution >= 4 is 40.6 Å². The quantitative estimate of drug-likeness (QED) is 0.424. The summed E-state index contributed by atoms with van der Waals surface area (Å²) in [6.07, 6.45) is -0.686. The minimum Gasteiger partial charge on any atom is -0.468 e. The largest absolute Gasteiger partial charge is 0.468 e. The van der Waals surface area contributed by atoms with E-state index >= 15 is 0 Å². The minimum absolute atomic E-state index is 0.124. The first kappa shape index (κ1) is 17.9. The molecule has 1 fully saturated rings. The molecule has 0 spiro atoms. The molecule has 0 saturated carbocycles. The van der Waals surface area contributed by atoms with Crippen molar-refractivity contribution in [1.29, 1.82) is 0 Å². The molecule has 10 heteroatoms. The fourth-order valence-corrected chi connectivity index (χ4v) is 3.29. The molecule has 1 aliphatic rings. The molecule has 9 nitrogen and oxygen atoms in total. The highest BCUT2D eigenvalue weighted by Crippen LogP contribution is 2.19. The number of thioether (sulfide) groups is 1. The fraction of sp³-hybridized carbons (Fsp3) is 0.312. The molecule has 2 heterocycles. The number of ether oxygens (including phenoxy) is 2. The molecule has 26 heavy (non-hydrogen) atoms. The SMILES string of the molecule is COC(=O)Cn1c(SCC(=O)N2CCOC2=O)nc2ccccc2c1=O. The molecule has 0 atom stereocenters. The Hall–Kier alpha value is -2.88. The predicted molar refractivity (Wildman–Crippen MR) is 91.8 cm³/mol. The summed E-state index contributed by atoms with van der Waals surface area (Å²) in [5.74, 6) is -1.19. The molecule has 0 aliphatic carbocycles. The highest BCUT2D eigenvalue weighted by molar-refractivity contribution is 7.99. The van der Waals surface area contributed by atoms with Gasteiger partial charge in [-0.2, -0.15) is 0 Å². The Balaban J connectivity index is 1.91. The van der Waals surface area contributed by atoms with Crippen LogP contribution in [0.5, 0.6) is 0 Å². The van der Waals surface area contributed by atoms with Crippen LogP contribution in [0.3, 0.4) is 0 Å². The normalized spacial score (nSPS) is 13.7. The van der Waals surface area contributed by atoms with Crippen LogP contribution in [0.25, 0.3) is 10.9 Å². The maximum Gasteiger partial charge on any atom is 0.416 e. The Morgan fingerprint density at radius 3 is 2.77 bits per heavy atom. The second-order valence-corrected chi connectivity index (χ2v) is 6.27. The highest BCUT2D eigenvalue weighted by Gasteiger charge is 2.28. The van der Waals surface area contributed by atoms with Crippen molar-refractivity contribution in [1.82, 2.24) is 14.5 Å². The van der Waals surface area contributed by atoms with Crippen molar-refractivity contribution in [3.63, 3.8) is 0 Å². The summed E-state index contributed by atoms with van der Waals surface area (Å²) in [7, 11) is 1.22. The first-order valence-corrected chi connectivity index (χ1v) is 8.66. The predicted octanol–water partition coefficient (Wildman–Crippen LogP) is 0.640. The molecule has 136 valence electrons. The van der Waals surface area contributed by atoms with Gasteiger partial charge in [-0.05, 0) is 12.1 Å². The van der Waals surface area contributed by atoms with E-state index < -0.39 is 23.5 Å². The number of benzene rings is 1. The number of nitrogens with zero attached hydrogens (tertiary/aromatic N) is 3. The summed E-state index contributed by atoms with van der Waals surface area (Å²) in [5, 5.41) is 0.551. The first-order valence-electron chi connectivity index (χ1n) is 7.67. The molecular weight excluding hydrogens is 362 g/mol. The number of fused-ring (bicyclic) bond motifs is 1. The maximum absolute atomic E-state index is 12.7. The Morgan fingerprint density at radius 2 is 2.08 bits per heavy atom. The zero-order chi connectivity index (χ0) is 18.7. The highest BCUT2D eigenvalue weighted by atomic mass is 32.2. The smallest absolute Gasteiger partial charge is 0.416 e. The number of hydrogen-bond donors (Lipinski definition) is 0. The monoisotopic (exact) mass is 377 g/mol. The van der Waals surface area contributed by atoms with Crippen LogP contribution in [0, 0.1) is 0 Å². The van der Waals surface area contributed by atoms with Gasteiger partial charge in [-0.3, -0.25) is 19.0 Å². The van der Waals surface area contributed by atoms with Gasteiger partial charge in [-0.15, -0.1) is 0 Å². The topological polar surface area (TPSA) is 108 Å². The van der Waals surface area contributed by atoms with E-state index in [0.717, 1.165) is 21.2 Å². The standard InChI is InChI=1S/C16H15N3O6S/c1-24-13(21)8-19-14(22)10-4-2-3-5-11(10)17-15(19)26-9-12(20)18-6-7-25-16(18)23/h2-5H,6-9H2,1H3. The second-order valence-electron chi connectivity index (χ2n) is 5.33. The molecule has 1 aromatic carbocycles. The van der Waals surface area contributed by atoms with E-state index in [-0.39, 0.29) is 30.6 Å².